The van der Waals surface area contributed by atoms with Crippen molar-refractivity contribution in [2.45, 2.75) is 12.8 Å². The van der Waals surface area contributed by atoms with Crippen LogP contribution >= 0.6 is 0 Å². The average molecular weight is 510 g/mol. The summed E-state index contributed by atoms with van der Waals surface area (Å²) in [7, 11) is -3.62. The van der Waals surface area contributed by atoms with Crippen LogP contribution in [-0.4, -0.2) is 38.7 Å². The van der Waals surface area contributed by atoms with Crippen LogP contribution in [0, 0.1) is 0 Å². The van der Waals surface area contributed by atoms with E-state index in [-0.39, 0.29) is 29.5 Å². The predicted octanol–water partition coefficient (Wildman–Crippen LogP) is 4.54. The Morgan fingerprint density at radius 1 is 0.971 bits per heavy atom. The molecule has 0 heterocycles. The van der Waals surface area contributed by atoms with Gasteiger partial charge in [0.1, 0.15) is 17.2 Å². The number of carbonyl (C=O) groups excluding carboxylic acids is 1. The molecule has 0 bridgehead atoms. The monoisotopic (exact) mass is 510 g/mol. The zero-order valence-electron chi connectivity index (χ0n) is 18.3. The normalized spacial score (nSPS) is 11.5. The molecular weight excluding hydrogens is 489 g/mol. The van der Waals surface area contributed by atoms with Gasteiger partial charge >= 0.3 is 6.36 Å². The summed E-state index contributed by atoms with van der Waals surface area (Å²) in [6.45, 7) is 0.259. The molecule has 3 rings (SSSR count). The molecule has 0 radical (unpaired) electrons. The summed E-state index contributed by atoms with van der Waals surface area (Å²) in [5.41, 5.74) is 1.43. The number of phenolic OH excluding ortho intramolecular Hbond substituents is 1. The maximum Gasteiger partial charge on any atom is 0.573 e. The number of hydrogen-bond acceptors (Lipinski definition) is 6. The van der Waals surface area contributed by atoms with E-state index in [2.05, 4.69) is 14.8 Å². The second-order valence-electron chi connectivity index (χ2n) is 7.37. The number of phenols is 1. The van der Waals surface area contributed by atoms with Crippen LogP contribution in [0.4, 0.5) is 24.5 Å². The highest BCUT2D eigenvalue weighted by atomic mass is 32.2. The molecule has 0 unspecified atom stereocenters. The maximum atomic E-state index is 12.5. The van der Waals surface area contributed by atoms with Gasteiger partial charge in [0.15, 0.2) is 0 Å². The number of ether oxygens (including phenoxy) is 2. The molecule has 0 aliphatic carbocycles. The fourth-order valence-electron chi connectivity index (χ4n) is 2.95. The van der Waals surface area contributed by atoms with Crippen molar-refractivity contribution in [3.8, 4) is 17.2 Å². The van der Waals surface area contributed by atoms with E-state index in [1.807, 2.05) is 0 Å². The lowest BCUT2D eigenvalue weighted by Gasteiger charge is -2.11. The van der Waals surface area contributed by atoms with Crippen molar-refractivity contribution in [2.24, 2.45) is 0 Å². The quantitative estimate of drug-likeness (QED) is 0.288. The van der Waals surface area contributed by atoms with Crippen LogP contribution in [0.2, 0.25) is 0 Å². The van der Waals surface area contributed by atoms with Crippen molar-refractivity contribution >= 4 is 27.3 Å². The first kappa shape index (κ1) is 25.7. The minimum absolute atomic E-state index is 0.0665. The summed E-state index contributed by atoms with van der Waals surface area (Å²) in [5, 5.41) is 12.4. The molecule has 0 aromatic heterocycles. The van der Waals surface area contributed by atoms with Crippen molar-refractivity contribution < 1.29 is 41.0 Å². The van der Waals surface area contributed by atoms with Crippen LogP contribution in [-0.2, 0) is 16.4 Å². The van der Waals surface area contributed by atoms with Gasteiger partial charge in [-0.2, -0.15) is 0 Å². The number of carbonyl (C=O) groups is 1. The Bertz CT molecular complexity index is 1280. The van der Waals surface area contributed by atoms with Gasteiger partial charge in [0.2, 0.25) is 10.0 Å². The number of nitrogens with one attached hydrogen (secondary N) is 2. The largest absolute Gasteiger partial charge is 0.573 e. The van der Waals surface area contributed by atoms with Gasteiger partial charge in [-0.05, 0) is 60.2 Å². The molecule has 12 heteroatoms. The second-order valence-corrected chi connectivity index (χ2v) is 9.12. The second kappa shape index (κ2) is 10.6. The van der Waals surface area contributed by atoms with Crippen LogP contribution in [0.15, 0.2) is 66.7 Å². The number of sulfonamides is 1. The lowest BCUT2D eigenvalue weighted by molar-refractivity contribution is -0.274. The van der Waals surface area contributed by atoms with E-state index in [9.17, 15) is 31.5 Å². The van der Waals surface area contributed by atoms with Crippen LogP contribution in [0.3, 0.4) is 0 Å². The van der Waals surface area contributed by atoms with E-state index in [0.717, 1.165) is 24.0 Å². The smallest absolute Gasteiger partial charge is 0.506 e. The number of benzene rings is 3. The molecule has 0 aliphatic rings. The highest BCUT2D eigenvalue weighted by Gasteiger charge is 2.30. The molecule has 1 amide bonds. The molecule has 0 spiro atoms. The van der Waals surface area contributed by atoms with Gasteiger partial charge in [-0.25, -0.2) is 8.42 Å². The first-order chi connectivity index (χ1) is 16.4. The number of amides is 1. The standard InChI is InChI=1S/C23H21F3N2O6S/c1-35(31,32)28-20-14-17(6-11-21(20)29)27-22(30)16-4-2-15(3-5-16)12-13-33-18-7-9-19(10-8-18)34-23(24,25)26/h2-11,14,28-29H,12-13H2,1H3,(H,27,30). The molecule has 0 fully saturated rings. The molecule has 3 aromatic carbocycles. The summed E-state index contributed by atoms with van der Waals surface area (Å²) in [4.78, 5) is 12.5. The van der Waals surface area contributed by atoms with Crippen molar-refractivity contribution in [1.29, 1.82) is 0 Å². The fourth-order valence-corrected chi connectivity index (χ4v) is 3.51. The van der Waals surface area contributed by atoms with Crippen molar-refractivity contribution in [2.75, 3.05) is 22.9 Å². The Labute approximate surface area is 199 Å². The Kier molecular flexibility index (Phi) is 7.75. The Morgan fingerprint density at radius 3 is 2.20 bits per heavy atom. The van der Waals surface area contributed by atoms with E-state index in [0.29, 0.717) is 17.7 Å². The zero-order chi connectivity index (χ0) is 25.6. The first-order valence-electron chi connectivity index (χ1n) is 10.1. The van der Waals surface area contributed by atoms with Gasteiger partial charge in [0.25, 0.3) is 5.91 Å². The number of alkyl halides is 3. The van der Waals surface area contributed by atoms with Crippen molar-refractivity contribution in [3.05, 3.63) is 77.9 Å². The molecule has 8 nitrogen and oxygen atoms in total. The number of halogens is 3. The topological polar surface area (TPSA) is 114 Å². The molecule has 3 N–H and O–H groups in total. The SMILES string of the molecule is CS(=O)(=O)Nc1cc(NC(=O)c2ccc(CCOc3ccc(OC(F)(F)F)cc3)cc2)ccc1O. The third-order valence-electron chi connectivity index (χ3n) is 4.48. The maximum absolute atomic E-state index is 12.5. The highest BCUT2D eigenvalue weighted by molar-refractivity contribution is 7.92. The van der Waals surface area contributed by atoms with Crippen LogP contribution < -0.4 is 19.5 Å². The Hall–Kier alpha value is -3.93. The lowest BCUT2D eigenvalue weighted by atomic mass is 10.1. The molecule has 3 aromatic rings. The van der Waals surface area contributed by atoms with Gasteiger partial charge in [0.05, 0.1) is 18.6 Å². The molecule has 0 atom stereocenters. The zero-order valence-corrected chi connectivity index (χ0v) is 19.1. The summed E-state index contributed by atoms with van der Waals surface area (Å²) >= 11 is 0. The Morgan fingerprint density at radius 2 is 1.60 bits per heavy atom. The summed E-state index contributed by atoms with van der Waals surface area (Å²) in [6.07, 6.45) is -3.33. The summed E-state index contributed by atoms with van der Waals surface area (Å²) in [5.74, 6) is -0.682. The van der Waals surface area contributed by atoms with E-state index < -0.39 is 22.3 Å². The number of hydrogen-bond donors (Lipinski definition) is 3. The van der Waals surface area contributed by atoms with Crippen molar-refractivity contribution in [3.63, 3.8) is 0 Å². The summed E-state index contributed by atoms with van der Waals surface area (Å²) < 4.78 is 70.9. The molecule has 0 aliphatic heterocycles. The van der Waals surface area contributed by atoms with Gasteiger partial charge in [0, 0.05) is 17.7 Å². The highest BCUT2D eigenvalue weighted by Crippen LogP contribution is 2.28. The molecular formula is C23H21F3N2O6S. The number of aromatic hydroxyl groups is 1. The molecule has 0 saturated carbocycles. The number of anilines is 2. The average Bonchev–Trinajstić information content (AvgIpc) is 2.76. The number of rotatable bonds is 9. The van der Waals surface area contributed by atoms with E-state index in [1.54, 1.807) is 24.3 Å². The van der Waals surface area contributed by atoms with Gasteiger partial charge in [-0.3, -0.25) is 9.52 Å². The van der Waals surface area contributed by atoms with Crippen molar-refractivity contribution in [1.82, 2.24) is 0 Å². The third kappa shape index (κ3) is 8.41. The van der Waals surface area contributed by atoms with Gasteiger partial charge in [-0.15, -0.1) is 13.2 Å². The van der Waals surface area contributed by atoms with Gasteiger partial charge in [-0.1, -0.05) is 12.1 Å². The van der Waals surface area contributed by atoms with E-state index >= 15 is 0 Å². The Balaban J connectivity index is 1.52. The van der Waals surface area contributed by atoms with Crippen LogP contribution in [0.5, 0.6) is 17.2 Å². The fraction of sp³-hybridized carbons (Fsp3) is 0.174. The minimum Gasteiger partial charge on any atom is -0.506 e. The van der Waals surface area contributed by atoms with Gasteiger partial charge < -0.3 is 19.9 Å². The predicted molar refractivity (Wildman–Crippen MR) is 123 cm³/mol. The molecule has 186 valence electrons. The van der Waals surface area contributed by atoms with Crippen LogP contribution in [0.1, 0.15) is 15.9 Å². The van der Waals surface area contributed by atoms with E-state index in [4.69, 9.17) is 4.74 Å². The first-order valence-corrected chi connectivity index (χ1v) is 12.0. The lowest BCUT2D eigenvalue weighted by Crippen LogP contribution is -2.17. The minimum atomic E-state index is -4.76. The van der Waals surface area contributed by atoms with E-state index in [1.165, 1.54) is 30.3 Å². The van der Waals surface area contributed by atoms with Crippen LogP contribution in [0.25, 0.3) is 0 Å². The third-order valence-corrected chi connectivity index (χ3v) is 5.07. The molecule has 35 heavy (non-hydrogen) atoms. The summed E-state index contributed by atoms with van der Waals surface area (Å²) in [6, 6.07) is 15.7. The molecule has 0 saturated heterocycles.